The maximum Gasteiger partial charge on any atom is 0.337 e. The fraction of sp³-hybridized carbons (Fsp3) is 0.231. The molecule has 0 atom stereocenters. The zero-order chi connectivity index (χ0) is 13.8. The number of carboxylic acids is 1. The maximum atomic E-state index is 11.7. The highest BCUT2D eigenvalue weighted by atomic mass is 16.4. The van der Waals surface area contributed by atoms with Crippen molar-refractivity contribution in [2.45, 2.75) is 19.9 Å². The van der Waals surface area contributed by atoms with Gasteiger partial charge in [0.2, 0.25) is 0 Å². The van der Waals surface area contributed by atoms with Crippen LogP contribution in [0.15, 0.2) is 35.3 Å². The molecule has 0 aliphatic rings. The van der Waals surface area contributed by atoms with E-state index in [1.807, 2.05) is 18.2 Å². The van der Waals surface area contributed by atoms with Crippen LogP contribution < -0.4 is 5.56 Å². The van der Waals surface area contributed by atoms with Crippen LogP contribution in [0.5, 0.6) is 0 Å². The van der Waals surface area contributed by atoms with Gasteiger partial charge < -0.3 is 5.11 Å². The van der Waals surface area contributed by atoms with Crippen LogP contribution in [0.25, 0.3) is 0 Å². The quantitative estimate of drug-likeness (QED) is 0.881. The number of aromatic carboxylic acids is 1. The van der Waals surface area contributed by atoms with Gasteiger partial charge in [-0.2, -0.15) is 5.10 Å². The first-order valence-corrected chi connectivity index (χ1v) is 5.80. The number of carbonyl (C=O) groups is 1. The lowest BCUT2D eigenvalue weighted by Crippen LogP contribution is -2.26. The summed E-state index contributed by atoms with van der Waals surface area (Å²) in [6.07, 6.45) is 2.25. The van der Waals surface area contributed by atoms with Crippen molar-refractivity contribution in [1.82, 2.24) is 14.8 Å². The minimum Gasteiger partial charge on any atom is -0.478 e. The maximum absolute atomic E-state index is 11.7. The van der Waals surface area contributed by atoms with Crippen LogP contribution in [0.3, 0.4) is 0 Å². The van der Waals surface area contributed by atoms with Crippen molar-refractivity contribution in [2.75, 3.05) is 0 Å². The summed E-state index contributed by atoms with van der Waals surface area (Å²) in [7, 11) is 0. The molecule has 0 unspecified atom stereocenters. The van der Waals surface area contributed by atoms with Crippen LogP contribution in [0.2, 0.25) is 0 Å². The SMILES string of the molecule is Cc1nn(CCc2ccccn2)c(=O)cc1C(=O)O. The monoisotopic (exact) mass is 259 g/mol. The number of hydrogen-bond donors (Lipinski definition) is 1. The van der Waals surface area contributed by atoms with Gasteiger partial charge in [0.05, 0.1) is 17.8 Å². The van der Waals surface area contributed by atoms with E-state index >= 15 is 0 Å². The van der Waals surface area contributed by atoms with Crippen molar-refractivity contribution >= 4 is 5.97 Å². The van der Waals surface area contributed by atoms with E-state index in [2.05, 4.69) is 10.1 Å². The third-order valence-corrected chi connectivity index (χ3v) is 2.72. The van der Waals surface area contributed by atoms with Crippen molar-refractivity contribution in [3.05, 3.63) is 57.8 Å². The molecule has 2 aromatic rings. The second-order valence-corrected chi connectivity index (χ2v) is 4.08. The average molecular weight is 259 g/mol. The van der Waals surface area contributed by atoms with Gasteiger partial charge in [-0.1, -0.05) is 6.07 Å². The summed E-state index contributed by atoms with van der Waals surface area (Å²) in [5.74, 6) is -1.14. The van der Waals surface area contributed by atoms with Crippen LogP contribution in [0.1, 0.15) is 21.7 Å². The van der Waals surface area contributed by atoms with Gasteiger partial charge in [-0.05, 0) is 19.1 Å². The molecular formula is C13H13N3O3. The standard InChI is InChI=1S/C13H13N3O3/c1-9-11(13(18)19)8-12(17)16(15-9)7-5-10-4-2-3-6-14-10/h2-4,6,8H,5,7H2,1H3,(H,18,19). The third kappa shape index (κ3) is 3.04. The largest absolute Gasteiger partial charge is 0.478 e. The number of nitrogens with zero attached hydrogens (tertiary/aromatic N) is 3. The summed E-state index contributed by atoms with van der Waals surface area (Å²) in [6, 6.07) is 6.66. The molecule has 0 amide bonds. The molecule has 2 rings (SSSR count). The Morgan fingerprint density at radius 3 is 2.84 bits per heavy atom. The van der Waals surface area contributed by atoms with Crippen LogP contribution in [0, 0.1) is 6.92 Å². The number of aromatic nitrogens is 3. The lowest BCUT2D eigenvalue weighted by atomic mass is 10.2. The van der Waals surface area contributed by atoms with E-state index in [0.29, 0.717) is 18.7 Å². The van der Waals surface area contributed by atoms with Gasteiger partial charge in [0.1, 0.15) is 0 Å². The van der Waals surface area contributed by atoms with Gasteiger partial charge in [-0.3, -0.25) is 9.78 Å². The first-order chi connectivity index (χ1) is 9.08. The Labute approximate surface area is 109 Å². The van der Waals surface area contributed by atoms with E-state index in [1.165, 1.54) is 4.68 Å². The van der Waals surface area contributed by atoms with E-state index in [4.69, 9.17) is 5.11 Å². The Morgan fingerprint density at radius 1 is 1.42 bits per heavy atom. The lowest BCUT2D eigenvalue weighted by molar-refractivity contribution is 0.0694. The Kier molecular flexibility index (Phi) is 3.70. The van der Waals surface area contributed by atoms with Crippen LogP contribution in [0.4, 0.5) is 0 Å². The normalized spacial score (nSPS) is 10.4. The number of hydrogen-bond acceptors (Lipinski definition) is 4. The Balaban J connectivity index is 2.20. The molecule has 6 heteroatoms. The Bertz CT molecular complexity index is 650. The van der Waals surface area contributed by atoms with Crippen LogP contribution in [-0.2, 0) is 13.0 Å². The van der Waals surface area contributed by atoms with Gasteiger partial charge in [0.15, 0.2) is 0 Å². The summed E-state index contributed by atoms with van der Waals surface area (Å²) < 4.78 is 1.26. The Hall–Kier alpha value is -2.50. The zero-order valence-electron chi connectivity index (χ0n) is 10.4. The number of rotatable bonds is 4. The smallest absolute Gasteiger partial charge is 0.337 e. The molecule has 0 aromatic carbocycles. The molecule has 2 heterocycles. The molecule has 19 heavy (non-hydrogen) atoms. The van der Waals surface area contributed by atoms with Crippen LogP contribution >= 0.6 is 0 Å². The minimum atomic E-state index is -1.14. The van der Waals surface area contributed by atoms with Crippen molar-refractivity contribution in [1.29, 1.82) is 0 Å². The summed E-state index contributed by atoms with van der Waals surface area (Å²) in [6.45, 7) is 1.94. The molecule has 0 aliphatic carbocycles. The Morgan fingerprint density at radius 2 is 2.21 bits per heavy atom. The third-order valence-electron chi connectivity index (χ3n) is 2.72. The first-order valence-electron chi connectivity index (χ1n) is 5.80. The summed E-state index contributed by atoms with van der Waals surface area (Å²) in [5.41, 5.74) is 0.710. The first kappa shape index (κ1) is 12.9. The number of aryl methyl sites for hydroxylation is 3. The molecule has 0 saturated heterocycles. The van der Waals surface area contributed by atoms with Crippen molar-refractivity contribution in [2.24, 2.45) is 0 Å². The van der Waals surface area contributed by atoms with Crippen molar-refractivity contribution in [3.63, 3.8) is 0 Å². The number of pyridine rings is 1. The molecule has 6 nitrogen and oxygen atoms in total. The zero-order valence-corrected chi connectivity index (χ0v) is 10.4. The van der Waals surface area contributed by atoms with E-state index in [-0.39, 0.29) is 5.56 Å². The van der Waals surface area contributed by atoms with Crippen LogP contribution in [-0.4, -0.2) is 25.8 Å². The molecule has 0 fully saturated rings. The molecule has 1 N–H and O–H groups in total. The van der Waals surface area contributed by atoms with Gasteiger partial charge in [-0.15, -0.1) is 0 Å². The summed E-state index contributed by atoms with van der Waals surface area (Å²) in [5, 5.41) is 12.9. The molecule has 2 aromatic heterocycles. The van der Waals surface area contributed by atoms with Gasteiger partial charge in [0, 0.05) is 24.4 Å². The van der Waals surface area contributed by atoms with E-state index in [0.717, 1.165) is 11.8 Å². The van der Waals surface area contributed by atoms with E-state index in [1.54, 1.807) is 13.1 Å². The van der Waals surface area contributed by atoms with Gasteiger partial charge in [-0.25, -0.2) is 9.48 Å². The summed E-state index contributed by atoms with van der Waals surface area (Å²) in [4.78, 5) is 26.8. The molecule has 0 bridgehead atoms. The molecular weight excluding hydrogens is 246 g/mol. The predicted octanol–water partition coefficient (Wildman–Crippen LogP) is 0.888. The van der Waals surface area contributed by atoms with Gasteiger partial charge in [0.25, 0.3) is 5.56 Å². The highest BCUT2D eigenvalue weighted by Crippen LogP contribution is 2.01. The topological polar surface area (TPSA) is 85.1 Å². The average Bonchev–Trinajstić information content (AvgIpc) is 2.40. The van der Waals surface area contributed by atoms with Crippen molar-refractivity contribution < 1.29 is 9.90 Å². The molecule has 0 spiro atoms. The summed E-state index contributed by atoms with van der Waals surface area (Å²) >= 11 is 0. The van der Waals surface area contributed by atoms with E-state index < -0.39 is 11.5 Å². The van der Waals surface area contributed by atoms with Gasteiger partial charge >= 0.3 is 5.97 Å². The second-order valence-electron chi connectivity index (χ2n) is 4.08. The molecule has 0 saturated carbocycles. The molecule has 98 valence electrons. The predicted molar refractivity (Wildman–Crippen MR) is 68.1 cm³/mol. The highest BCUT2D eigenvalue weighted by Gasteiger charge is 2.11. The molecule has 0 radical (unpaired) electrons. The van der Waals surface area contributed by atoms with E-state index in [9.17, 15) is 9.59 Å². The van der Waals surface area contributed by atoms with Crippen molar-refractivity contribution in [3.8, 4) is 0 Å². The molecule has 0 aliphatic heterocycles. The minimum absolute atomic E-state index is 0.0564. The lowest BCUT2D eigenvalue weighted by Gasteiger charge is -2.06. The number of carboxylic acid groups (broad SMARTS) is 1. The fourth-order valence-electron chi connectivity index (χ4n) is 1.73. The second kappa shape index (κ2) is 5.43. The fourth-order valence-corrected chi connectivity index (χ4v) is 1.73. The highest BCUT2D eigenvalue weighted by molar-refractivity contribution is 5.88.